The van der Waals surface area contributed by atoms with Crippen molar-refractivity contribution in [2.75, 3.05) is 37.0 Å². The van der Waals surface area contributed by atoms with Crippen LogP contribution in [-0.4, -0.2) is 53.2 Å². The summed E-state index contributed by atoms with van der Waals surface area (Å²) in [6, 6.07) is 6.32. The smallest absolute Gasteiger partial charge is 0.367 e. The number of morpholine rings is 1. The lowest BCUT2D eigenvalue weighted by Gasteiger charge is -2.37. The molecule has 3 aromatic heterocycles. The molecule has 0 saturated carbocycles. The molecule has 194 valence electrons. The van der Waals surface area contributed by atoms with Crippen molar-refractivity contribution in [3.8, 4) is 11.3 Å². The topological polar surface area (TPSA) is 67.3 Å². The highest BCUT2D eigenvalue weighted by molar-refractivity contribution is 7.22. The van der Waals surface area contributed by atoms with E-state index in [0.717, 1.165) is 23.4 Å². The molecule has 0 unspecified atom stereocenters. The van der Waals surface area contributed by atoms with E-state index >= 15 is 4.39 Å². The number of aryl methyl sites for hydroxylation is 1. The number of hydrogen-bond acceptors (Lipinski definition) is 8. The maximum Gasteiger partial charge on any atom is 0.416 e. The van der Waals surface area contributed by atoms with Gasteiger partial charge in [-0.3, -0.25) is 4.98 Å². The van der Waals surface area contributed by atoms with Crippen molar-refractivity contribution in [1.29, 1.82) is 0 Å². The fourth-order valence-electron chi connectivity index (χ4n) is 4.27. The summed E-state index contributed by atoms with van der Waals surface area (Å²) in [4.78, 5) is 21.9. The minimum atomic E-state index is -4.65. The van der Waals surface area contributed by atoms with Crippen molar-refractivity contribution in [2.45, 2.75) is 32.2 Å². The van der Waals surface area contributed by atoms with Gasteiger partial charge in [-0.05, 0) is 49.7 Å². The number of thiazole rings is 1. The normalized spacial score (nSPS) is 18.4. The maximum absolute atomic E-state index is 15.1. The Morgan fingerprint density at radius 2 is 1.86 bits per heavy atom. The van der Waals surface area contributed by atoms with Gasteiger partial charge < -0.3 is 14.5 Å². The van der Waals surface area contributed by atoms with Gasteiger partial charge in [-0.15, -0.1) is 0 Å². The second-order valence-corrected chi connectivity index (χ2v) is 10.2. The number of alkyl halides is 3. The predicted molar refractivity (Wildman–Crippen MR) is 134 cm³/mol. The van der Waals surface area contributed by atoms with E-state index in [1.807, 2.05) is 45.0 Å². The number of nitrogens with zero attached hydrogens (tertiary/aromatic N) is 6. The van der Waals surface area contributed by atoms with Crippen molar-refractivity contribution < 1.29 is 22.3 Å². The van der Waals surface area contributed by atoms with Crippen LogP contribution in [0.5, 0.6) is 0 Å². The largest absolute Gasteiger partial charge is 0.416 e. The molecule has 1 aliphatic heterocycles. The lowest BCUT2D eigenvalue weighted by Crippen LogP contribution is -2.43. The number of aromatic nitrogens is 4. The van der Waals surface area contributed by atoms with E-state index < -0.39 is 17.6 Å². The summed E-state index contributed by atoms with van der Waals surface area (Å²) in [5.41, 5.74) is 1.27. The van der Waals surface area contributed by atoms with E-state index in [9.17, 15) is 13.2 Å². The first kappa shape index (κ1) is 25.3. The monoisotopic (exact) mass is 532 g/mol. The van der Waals surface area contributed by atoms with Crippen LogP contribution in [0, 0.1) is 12.7 Å². The molecule has 4 heterocycles. The molecule has 1 aromatic carbocycles. The molecule has 0 amide bonds. The van der Waals surface area contributed by atoms with Gasteiger partial charge in [-0.25, -0.2) is 9.37 Å². The van der Waals surface area contributed by atoms with E-state index in [-0.39, 0.29) is 23.5 Å². The number of pyridine rings is 1. The molecule has 2 atom stereocenters. The Hall–Kier alpha value is -3.38. The molecular weight excluding hydrogens is 508 g/mol. The molecule has 1 aliphatic rings. The molecule has 12 heteroatoms. The lowest BCUT2D eigenvalue weighted by molar-refractivity contribution is -0.137. The molecule has 4 aromatic rings. The Balaban J connectivity index is 1.61. The van der Waals surface area contributed by atoms with Gasteiger partial charge in [-0.1, -0.05) is 11.3 Å². The number of fused-ring (bicyclic) bond motifs is 1. The van der Waals surface area contributed by atoms with Gasteiger partial charge in [0.1, 0.15) is 16.6 Å². The Morgan fingerprint density at radius 3 is 2.54 bits per heavy atom. The second kappa shape index (κ2) is 9.49. The fraction of sp³-hybridized carbons (Fsp3) is 0.360. The number of anilines is 2. The van der Waals surface area contributed by atoms with E-state index in [1.165, 1.54) is 11.3 Å². The Bertz CT molecular complexity index is 1460. The quantitative estimate of drug-likeness (QED) is 0.315. The first-order valence-electron chi connectivity index (χ1n) is 11.6. The van der Waals surface area contributed by atoms with Gasteiger partial charge in [0.25, 0.3) is 0 Å². The van der Waals surface area contributed by atoms with Gasteiger partial charge in [-0.2, -0.15) is 23.1 Å². The zero-order valence-electron chi connectivity index (χ0n) is 20.5. The van der Waals surface area contributed by atoms with E-state index in [1.54, 1.807) is 11.1 Å². The minimum Gasteiger partial charge on any atom is -0.367 e. The van der Waals surface area contributed by atoms with Crippen molar-refractivity contribution in [3.63, 3.8) is 0 Å². The van der Waals surface area contributed by atoms with Crippen LogP contribution in [0.15, 0.2) is 36.5 Å². The van der Waals surface area contributed by atoms with Gasteiger partial charge in [0, 0.05) is 38.1 Å². The second-order valence-electron chi connectivity index (χ2n) is 9.18. The highest BCUT2D eigenvalue weighted by Gasteiger charge is 2.33. The average molecular weight is 533 g/mol. The van der Waals surface area contributed by atoms with Gasteiger partial charge in [0.15, 0.2) is 10.8 Å². The first-order valence-corrected chi connectivity index (χ1v) is 12.4. The Morgan fingerprint density at radius 1 is 1.08 bits per heavy atom. The standard InChI is InChI=1S/C25H24F4N6OS/c1-13-9-15(7-8-30-13)19-12-35(11-14(2)36-19)23-31-20(21-22(32-23)33-24(37-21)34(3)4)17-6-5-16(10-18(17)26)25(27,28)29/h5-10,14,19H,11-12H2,1-4H3/t14-,19-/m1/s1. The molecule has 37 heavy (non-hydrogen) atoms. The van der Waals surface area contributed by atoms with Crippen molar-refractivity contribution >= 4 is 32.8 Å². The summed E-state index contributed by atoms with van der Waals surface area (Å²) in [5.74, 6) is -0.704. The first-order chi connectivity index (χ1) is 17.5. The SMILES string of the molecule is Cc1cc([C@H]2CN(c3nc(-c4ccc(C(F)(F)F)cc4F)c4sc(N(C)C)nc4n3)C[C@@H](C)O2)ccn1. The van der Waals surface area contributed by atoms with Crippen molar-refractivity contribution in [1.82, 2.24) is 19.9 Å². The number of halogens is 4. The number of ether oxygens (including phenoxy) is 1. The van der Waals surface area contributed by atoms with Crippen molar-refractivity contribution in [2.24, 2.45) is 0 Å². The molecule has 7 nitrogen and oxygen atoms in total. The molecule has 0 aliphatic carbocycles. The molecule has 0 N–H and O–H groups in total. The van der Waals surface area contributed by atoms with Crippen LogP contribution in [0.1, 0.15) is 29.8 Å². The maximum atomic E-state index is 15.1. The van der Waals surface area contributed by atoms with E-state index in [2.05, 4.69) is 19.9 Å². The van der Waals surface area contributed by atoms with Gasteiger partial charge >= 0.3 is 6.18 Å². The number of benzene rings is 1. The third kappa shape index (κ3) is 5.08. The van der Waals surface area contributed by atoms with Crippen LogP contribution < -0.4 is 9.80 Å². The van der Waals surface area contributed by atoms with E-state index in [0.29, 0.717) is 40.6 Å². The van der Waals surface area contributed by atoms with Crippen LogP contribution >= 0.6 is 11.3 Å². The number of rotatable bonds is 4. The third-order valence-corrected chi connectivity index (χ3v) is 7.22. The van der Waals surface area contributed by atoms with Gasteiger partial charge in [0.2, 0.25) is 5.95 Å². The predicted octanol–water partition coefficient (Wildman–Crippen LogP) is 5.65. The molecular formula is C25H24F4N6OS. The fourth-order valence-corrected chi connectivity index (χ4v) is 5.20. The molecule has 0 bridgehead atoms. The van der Waals surface area contributed by atoms with Crippen LogP contribution in [-0.2, 0) is 10.9 Å². The van der Waals surface area contributed by atoms with Crippen molar-refractivity contribution in [3.05, 3.63) is 59.2 Å². The molecule has 1 fully saturated rings. The molecule has 0 radical (unpaired) electrons. The van der Waals surface area contributed by atoms with Crippen LogP contribution in [0.3, 0.4) is 0 Å². The lowest BCUT2D eigenvalue weighted by atomic mass is 10.1. The average Bonchev–Trinajstić information content (AvgIpc) is 3.27. The highest BCUT2D eigenvalue weighted by Crippen LogP contribution is 2.39. The van der Waals surface area contributed by atoms with Crippen LogP contribution in [0.4, 0.5) is 28.6 Å². The highest BCUT2D eigenvalue weighted by atomic mass is 32.1. The van der Waals surface area contributed by atoms with Crippen LogP contribution in [0.25, 0.3) is 21.6 Å². The Labute approximate surface area is 214 Å². The van der Waals surface area contributed by atoms with Crippen LogP contribution in [0.2, 0.25) is 0 Å². The Kier molecular flexibility index (Phi) is 6.48. The minimum absolute atomic E-state index is 0.0433. The zero-order chi connectivity index (χ0) is 26.5. The molecule has 5 rings (SSSR count). The third-order valence-electron chi connectivity index (χ3n) is 6.00. The zero-order valence-corrected chi connectivity index (χ0v) is 21.4. The van der Waals surface area contributed by atoms with E-state index in [4.69, 9.17) is 4.74 Å². The summed E-state index contributed by atoms with van der Waals surface area (Å²) in [6.45, 7) is 4.75. The summed E-state index contributed by atoms with van der Waals surface area (Å²) in [6.07, 6.45) is -3.36. The van der Waals surface area contributed by atoms with Gasteiger partial charge in [0.05, 0.1) is 23.9 Å². The summed E-state index contributed by atoms with van der Waals surface area (Å²) >= 11 is 1.25. The summed E-state index contributed by atoms with van der Waals surface area (Å²) in [5, 5.41) is 0.621. The summed E-state index contributed by atoms with van der Waals surface area (Å²) < 4.78 is 61.2. The molecule has 1 saturated heterocycles. The number of hydrogen-bond donors (Lipinski definition) is 0. The summed E-state index contributed by atoms with van der Waals surface area (Å²) in [7, 11) is 3.63. The molecule has 0 spiro atoms.